The highest BCUT2D eigenvalue weighted by atomic mass is 35.5. The highest BCUT2D eigenvalue weighted by Crippen LogP contribution is 2.29. The van der Waals surface area contributed by atoms with Gasteiger partial charge in [0, 0.05) is 36.1 Å². The number of para-hydroxylation sites is 1. The smallest absolute Gasteiger partial charge is 0.262 e. The zero-order chi connectivity index (χ0) is 21.1. The van der Waals surface area contributed by atoms with E-state index in [9.17, 15) is 9.18 Å². The lowest BCUT2D eigenvalue weighted by Gasteiger charge is -2.11. The van der Waals surface area contributed by atoms with Gasteiger partial charge in [-0.05, 0) is 37.6 Å². The standard InChI is InChI=1S/C21H20ClFN4O2S/c1-2-29-12-6-11-26-19(28)14-7-3-4-10-18(14)27-20(26)24-25-21(27)30-13-15-16(22)8-5-9-17(15)23/h3-5,7-10H,2,6,11-13H2,1H3. The first-order chi connectivity index (χ1) is 14.6. The molecule has 0 amide bonds. The van der Waals surface area contributed by atoms with Crippen molar-refractivity contribution in [2.75, 3.05) is 13.2 Å². The summed E-state index contributed by atoms with van der Waals surface area (Å²) >= 11 is 7.48. The molecule has 6 nitrogen and oxygen atoms in total. The van der Waals surface area contributed by atoms with E-state index in [0.717, 1.165) is 0 Å². The lowest BCUT2D eigenvalue weighted by Crippen LogP contribution is -2.24. The summed E-state index contributed by atoms with van der Waals surface area (Å²) in [5, 5.41) is 10.1. The number of hydrogen-bond acceptors (Lipinski definition) is 5. The minimum atomic E-state index is -0.360. The average molecular weight is 447 g/mol. The molecule has 2 aromatic heterocycles. The fourth-order valence-corrected chi connectivity index (χ4v) is 4.59. The van der Waals surface area contributed by atoms with Crippen molar-refractivity contribution < 1.29 is 9.13 Å². The molecule has 30 heavy (non-hydrogen) atoms. The van der Waals surface area contributed by atoms with Gasteiger partial charge in [0.2, 0.25) is 5.78 Å². The molecule has 0 unspecified atom stereocenters. The van der Waals surface area contributed by atoms with Crippen LogP contribution in [0.25, 0.3) is 16.7 Å². The Kier molecular flexibility index (Phi) is 6.36. The second-order valence-electron chi connectivity index (χ2n) is 6.63. The summed E-state index contributed by atoms with van der Waals surface area (Å²) in [6.45, 7) is 3.59. The van der Waals surface area contributed by atoms with Gasteiger partial charge in [0.05, 0.1) is 10.9 Å². The number of aromatic nitrogens is 4. The van der Waals surface area contributed by atoms with Crippen molar-refractivity contribution in [1.29, 1.82) is 0 Å². The van der Waals surface area contributed by atoms with Gasteiger partial charge in [0.25, 0.3) is 5.56 Å². The molecule has 9 heteroatoms. The molecule has 0 N–H and O–H groups in total. The number of nitrogens with zero attached hydrogens (tertiary/aromatic N) is 4. The second-order valence-corrected chi connectivity index (χ2v) is 7.98. The van der Waals surface area contributed by atoms with E-state index < -0.39 is 0 Å². The molecule has 0 aliphatic carbocycles. The van der Waals surface area contributed by atoms with Crippen LogP contribution in [0.3, 0.4) is 0 Å². The number of benzene rings is 2. The van der Waals surface area contributed by atoms with Crippen LogP contribution in [0.1, 0.15) is 18.9 Å². The van der Waals surface area contributed by atoms with Gasteiger partial charge in [-0.15, -0.1) is 10.2 Å². The monoisotopic (exact) mass is 446 g/mol. The Morgan fingerprint density at radius 2 is 2.00 bits per heavy atom. The lowest BCUT2D eigenvalue weighted by molar-refractivity contribution is 0.141. The van der Waals surface area contributed by atoms with Crippen molar-refractivity contribution in [2.45, 2.75) is 30.8 Å². The molecule has 0 saturated heterocycles. The Balaban J connectivity index is 1.76. The summed E-state index contributed by atoms with van der Waals surface area (Å²) in [6, 6.07) is 12.0. The Morgan fingerprint density at radius 1 is 1.17 bits per heavy atom. The third-order valence-electron chi connectivity index (χ3n) is 4.76. The fourth-order valence-electron chi connectivity index (χ4n) is 3.30. The third-order valence-corrected chi connectivity index (χ3v) is 6.07. The molecule has 2 aromatic carbocycles. The largest absolute Gasteiger partial charge is 0.382 e. The Labute approximate surface area is 181 Å². The quantitative estimate of drug-likeness (QED) is 0.293. The van der Waals surface area contributed by atoms with Crippen molar-refractivity contribution in [3.05, 3.63) is 69.2 Å². The number of ether oxygens (including phenoxy) is 1. The maximum atomic E-state index is 14.2. The van der Waals surface area contributed by atoms with E-state index in [4.69, 9.17) is 16.3 Å². The first-order valence-corrected chi connectivity index (χ1v) is 11.0. The minimum absolute atomic E-state index is 0.115. The number of halogens is 2. The highest BCUT2D eigenvalue weighted by Gasteiger charge is 2.17. The number of thioether (sulfide) groups is 1. The molecular formula is C21H20ClFN4O2S. The topological polar surface area (TPSA) is 61.4 Å². The summed E-state index contributed by atoms with van der Waals surface area (Å²) < 4.78 is 23.0. The summed E-state index contributed by atoms with van der Waals surface area (Å²) in [7, 11) is 0. The van der Waals surface area contributed by atoms with E-state index in [1.807, 2.05) is 29.5 Å². The average Bonchev–Trinajstić information content (AvgIpc) is 3.17. The van der Waals surface area contributed by atoms with E-state index in [1.54, 1.807) is 22.8 Å². The number of fused-ring (bicyclic) bond motifs is 3. The van der Waals surface area contributed by atoms with Gasteiger partial charge >= 0.3 is 0 Å². The zero-order valence-corrected chi connectivity index (χ0v) is 17.9. The van der Waals surface area contributed by atoms with Gasteiger partial charge in [-0.25, -0.2) is 4.39 Å². The van der Waals surface area contributed by atoms with Gasteiger partial charge in [0.15, 0.2) is 5.16 Å². The summed E-state index contributed by atoms with van der Waals surface area (Å²) in [5.41, 5.74) is 1.01. The molecule has 0 radical (unpaired) electrons. The maximum absolute atomic E-state index is 14.2. The van der Waals surface area contributed by atoms with E-state index in [2.05, 4.69) is 10.2 Å². The molecule has 4 rings (SSSR count). The van der Waals surface area contributed by atoms with Gasteiger partial charge in [-0.1, -0.05) is 41.6 Å². The SMILES string of the molecule is CCOCCCn1c(=O)c2ccccc2n2c(SCc3c(F)cccc3Cl)nnc12. The zero-order valence-electron chi connectivity index (χ0n) is 16.3. The van der Waals surface area contributed by atoms with Crippen molar-refractivity contribution in [3.63, 3.8) is 0 Å². The van der Waals surface area contributed by atoms with Crippen molar-refractivity contribution in [2.24, 2.45) is 0 Å². The van der Waals surface area contributed by atoms with Crippen LogP contribution in [0.5, 0.6) is 0 Å². The molecule has 0 atom stereocenters. The first kappa shape index (κ1) is 20.8. The summed E-state index contributed by atoms with van der Waals surface area (Å²) in [6.07, 6.45) is 0.682. The Hall–Kier alpha value is -2.42. The van der Waals surface area contributed by atoms with Gasteiger partial charge in [-0.2, -0.15) is 0 Å². The first-order valence-electron chi connectivity index (χ1n) is 9.62. The predicted molar refractivity (Wildman–Crippen MR) is 117 cm³/mol. The molecule has 156 valence electrons. The van der Waals surface area contributed by atoms with Crippen LogP contribution in [0, 0.1) is 5.82 Å². The van der Waals surface area contributed by atoms with Crippen LogP contribution in [-0.2, 0) is 17.0 Å². The van der Waals surface area contributed by atoms with Crippen LogP contribution in [0.2, 0.25) is 5.02 Å². The van der Waals surface area contributed by atoms with Crippen molar-refractivity contribution in [3.8, 4) is 0 Å². The Bertz CT molecular complexity index is 1240. The molecule has 0 bridgehead atoms. The van der Waals surface area contributed by atoms with Gasteiger partial charge in [0.1, 0.15) is 5.82 Å². The molecule has 0 fully saturated rings. The molecule has 0 spiro atoms. The van der Waals surface area contributed by atoms with Crippen LogP contribution < -0.4 is 5.56 Å². The molecule has 0 aliphatic heterocycles. The third kappa shape index (κ3) is 3.95. The van der Waals surface area contributed by atoms with Gasteiger partial charge < -0.3 is 4.74 Å². The normalized spacial score (nSPS) is 11.6. The Morgan fingerprint density at radius 3 is 2.80 bits per heavy atom. The second kappa shape index (κ2) is 9.16. The van der Waals surface area contributed by atoms with Crippen LogP contribution in [0.4, 0.5) is 4.39 Å². The van der Waals surface area contributed by atoms with Crippen molar-refractivity contribution in [1.82, 2.24) is 19.2 Å². The molecule has 0 aliphatic rings. The lowest BCUT2D eigenvalue weighted by atomic mass is 10.2. The van der Waals surface area contributed by atoms with Crippen LogP contribution >= 0.6 is 23.4 Å². The summed E-state index contributed by atoms with van der Waals surface area (Å²) in [4.78, 5) is 13.1. The van der Waals surface area contributed by atoms with Crippen LogP contribution in [-0.4, -0.2) is 32.4 Å². The molecule has 0 saturated carbocycles. The van der Waals surface area contributed by atoms with Gasteiger partial charge in [-0.3, -0.25) is 13.8 Å². The van der Waals surface area contributed by atoms with E-state index >= 15 is 0 Å². The maximum Gasteiger partial charge on any atom is 0.262 e. The summed E-state index contributed by atoms with van der Waals surface area (Å²) in [5.74, 6) is 0.392. The minimum Gasteiger partial charge on any atom is -0.382 e. The predicted octanol–water partition coefficient (Wildman–Crippen LogP) is 4.56. The fraction of sp³-hybridized carbons (Fsp3) is 0.286. The number of rotatable bonds is 8. The van der Waals surface area contributed by atoms with Crippen molar-refractivity contribution >= 4 is 40.0 Å². The molecule has 2 heterocycles. The molecule has 4 aromatic rings. The van der Waals surface area contributed by atoms with Crippen LogP contribution in [0.15, 0.2) is 52.4 Å². The van der Waals surface area contributed by atoms with E-state index in [0.29, 0.717) is 64.4 Å². The number of aryl methyl sites for hydroxylation is 1. The van der Waals surface area contributed by atoms with E-state index in [-0.39, 0.29) is 11.4 Å². The van der Waals surface area contributed by atoms with E-state index in [1.165, 1.54) is 17.8 Å². The highest BCUT2D eigenvalue weighted by molar-refractivity contribution is 7.98. The number of hydrogen-bond donors (Lipinski definition) is 0. The molecular weight excluding hydrogens is 427 g/mol.